The number of piperidine rings is 1. The summed E-state index contributed by atoms with van der Waals surface area (Å²) in [7, 11) is 3.26. The molecule has 3 aliphatic rings. The Labute approximate surface area is 239 Å². The number of nitrogen functional groups attached to an aromatic ring is 1. The van der Waals surface area contributed by atoms with Crippen LogP contribution < -0.4 is 20.6 Å². The fourth-order valence-corrected chi connectivity index (χ4v) is 6.49. The van der Waals surface area contributed by atoms with Crippen LogP contribution in [0.25, 0.3) is 0 Å². The highest BCUT2D eigenvalue weighted by molar-refractivity contribution is 6.39. The van der Waals surface area contributed by atoms with Crippen LogP contribution in [0.3, 0.4) is 0 Å². The summed E-state index contributed by atoms with van der Waals surface area (Å²) in [4.78, 5) is 28.7. The molecule has 1 unspecified atom stereocenters. The number of carbonyl (C=O) groups excluding carboxylic acids is 2. The molecule has 2 fully saturated rings. The number of rotatable bonds is 7. The van der Waals surface area contributed by atoms with E-state index in [0.717, 1.165) is 31.2 Å². The molecule has 2 aromatic rings. The molecular formula is C29H34Cl2N4O4. The highest BCUT2D eigenvalue weighted by Gasteiger charge is 2.45. The summed E-state index contributed by atoms with van der Waals surface area (Å²) >= 11 is 12.2. The number of Topliss-reactive ketones (excluding diaryl/α,β-unsaturated/α-hetero) is 1. The lowest BCUT2D eigenvalue weighted by molar-refractivity contribution is -0.154. The number of likely N-dealkylation sites (tertiary alicyclic amines) is 1. The first-order valence-electron chi connectivity index (χ1n) is 13.3. The zero-order chi connectivity index (χ0) is 27.7. The molecule has 0 aromatic heterocycles. The first-order chi connectivity index (χ1) is 18.8. The third kappa shape index (κ3) is 5.61. The Bertz CT molecular complexity index is 1250. The second-order valence-electron chi connectivity index (χ2n) is 10.4. The van der Waals surface area contributed by atoms with Gasteiger partial charge in [0.15, 0.2) is 17.3 Å². The smallest absolute Gasteiger partial charge is 0.240 e. The van der Waals surface area contributed by atoms with E-state index in [0.29, 0.717) is 30.2 Å². The van der Waals surface area contributed by atoms with Gasteiger partial charge in [0, 0.05) is 24.6 Å². The number of hydrogen-bond acceptors (Lipinski definition) is 7. The van der Waals surface area contributed by atoms with E-state index in [9.17, 15) is 9.59 Å². The standard InChI is InChI=1S/C29H34Cl2N4O4/c1-38-25-8-7-17(15-26(25)39-2)28-20-5-3-4-6-21(20)29(37)35(33-28)19-9-11-34(12-10-19)16-24(36)18-13-22(30)27(32)23(31)14-18/h3-4,7-8,13-15,19-21,28,33H,5-6,9-12,16,32H2,1-2H3/t20-,21+,28?/m0/s1. The predicted octanol–water partition coefficient (Wildman–Crippen LogP) is 4.91. The molecule has 8 nitrogen and oxygen atoms in total. The molecule has 208 valence electrons. The van der Waals surface area contributed by atoms with Gasteiger partial charge in [-0.3, -0.25) is 19.5 Å². The van der Waals surface area contributed by atoms with Gasteiger partial charge in [0.2, 0.25) is 5.91 Å². The average Bonchev–Trinajstić information content (AvgIpc) is 2.96. The number of hydrazine groups is 1. The Hall–Kier alpha value is -2.78. The molecule has 2 aliphatic heterocycles. The van der Waals surface area contributed by atoms with E-state index < -0.39 is 0 Å². The maximum absolute atomic E-state index is 13.7. The van der Waals surface area contributed by atoms with E-state index in [2.05, 4.69) is 22.5 Å². The van der Waals surface area contributed by atoms with Crippen molar-refractivity contribution in [3.8, 4) is 11.5 Å². The molecule has 1 amide bonds. The van der Waals surface area contributed by atoms with Gasteiger partial charge in [-0.1, -0.05) is 41.4 Å². The lowest BCUT2D eigenvalue weighted by Crippen LogP contribution is -2.62. The molecule has 0 saturated carbocycles. The molecule has 39 heavy (non-hydrogen) atoms. The fraction of sp³-hybridized carbons (Fsp3) is 0.448. The van der Waals surface area contributed by atoms with Crippen LogP contribution in [-0.4, -0.2) is 61.5 Å². The predicted molar refractivity (Wildman–Crippen MR) is 152 cm³/mol. The van der Waals surface area contributed by atoms with Gasteiger partial charge in [-0.2, -0.15) is 0 Å². The quantitative estimate of drug-likeness (QED) is 0.276. The minimum absolute atomic E-state index is 0.0305. The number of amides is 1. The summed E-state index contributed by atoms with van der Waals surface area (Å²) in [5, 5.41) is 2.43. The Morgan fingerprint density at radius 2 is 1.69 bits per heavy atom. The van der Waals surface area contributed by atoms with Gasteiger partial charge < -0.3 is 15.2 Å². The monoisotopic (exact) mass is 572 g/mol. The zero-order valence-corrected chi connectivity index (χ0v) is 23.7. The fourth-order valence-electron chi connectivity index (χ4n) is 6.00. The normalized spacial score (nSPS) is 23.9. The second kappa shape index (κ2) is 11.8. The van der Waals surface area contributed by atoms with Crippen LogP contribution in [0.15, 0.2) is 42.5 Å². The first-order valence-corrected chi connectivity index (χ1v) is 14.0. The van der Waals surface area contributed by atoms with Crippen LogP contribution in [0.2, 0.25) is 10.0 Å². The maximum Gasteiger partial charge on any atom is 0.240 e. The van der Waals surface area contributed by atoms with Crippen LogP contribution >= 0.6 is 23.2 Å². The number of ether oxygens (including phenoxy) is 2. The number of nitrogens with one attached hydrogen (secondary N) is 1. The van der Waals surface area contributed by atoms with Gasteiger partial charge in [0.1, 0.15) is 0 Å². The highest BCUT2D eigenvalue weighted by atomic mass is 35.5. The summed E-state index contributed by atoms with van der Waals surface area (Å²) < 4.78 is 11.0. The lowest BCUT2D eigenvalue weighted by Gasteiger charge is -2.49. The number of ketones is 1. The van der Waals surface area contributed by atoms with Gasteiger partial charge in [0.25, 0.3) is 0 Å². The third-order valence-electron chi connectivity index (χ3n) is 8.20. The Morgan fingerprint density at radius 3 is 2.36 bits per heavy atom. The summed E-state index contributed by atoms with van der Waals surface area (Å²) in [5.41, 5.74) is 11.2. The molecule has 2 saturated heterocycles. The number of fused-ring (bicyclic) bond motifs is 1. The Morgan fingerprint density at radius 1 is 1.03 bits per heavy atom. The number of allylic oxidation sites excluding steroid dienone is 2. The largest absolute Gasteiger partial charge is 0.493 e. The summed E-state index contributed by atoms with van der Waals surface area (Å²) in [5.74, 6) is 1.53. The van der Waals surface area contributed by atoms with Gasteiger partial charge in [-0.15, -0.1) is 0 Å². The minimum Gasteiger partial charge on any atom is -0.493 e. The Kier molecular flexibility index (Phi) is 8.38. The molecule has 2 aromatic carbocycles. The number of nitrogens with two attached hydrogens (primary N) is 1. The van der Waals surface area contributed by atoms with Crippen LogP contribution in [-0.2, 0) is 4.79 Å². The molecule has 5 rings (SSSR count). The van der Waals surface area contributed by atoms with Crippen LogP contribution in [0.1, 0.15) is 47.6 Å². The lowest BCUT2D eigenvalue weighted by atomic mass is 9.74. The number of nitrogens with zero attached hydrogens (tertiary/aromatic N) is 2. The minimum atomic E-state index is -0.0750. The van der Waals surface area contributed by atoms with E-state index in [-0.39, 0.29) is 57.9 Å². The summed E-state index contributed by atoms with van der Waals surface area (Å²) in [6.45, 7) is 1.66. The van der Waals surface area contributed by atoms with Crippen molar-refractivity contribution in [2.24, 2.45) is 11.8 Å². The molecular weight excluding hydrogens is 539 g/mol. The summed E-state index contributed by atoms with van der Waals surface area (Å²) in [6, 6.07) is 9.11. The van der Waals surface area contributed by atoms with Gasteiger partial charge >= 0.3 is 0 Å². The topological polar surface area (TPSA) is 97.1 Å². The number of methoxy groups -OCH3 is 2. The van der Waals surface area contributed by atoms with Gasteiger partial charge in [0.05, 0.1) is 48.6 Å². The van der Waals surface area contributed by atoms with Crippen LogP contribution in [0.5, 0.6) is 11.5 Å². The molecule has 2 heterocycles. The van der Waals surface area contributed by atoms with Gasteiger partial charge in [-0.05, 0) is 61.4 Å². The molecule has 1 aliphatic carbocycles. The van der Waals surface area contributed by atoms with E-state index in [1.165, 1.54) is 0 Å². The molecule has 0 radical (unpaired) electrons. The van der Waals surface area contributed by atoms with Gasteiger partial charge in [-0.25, -0.2) is 5.43 Å². The summed E-state index contributed by atoms with van der Waals surface area (Å²) in [6.07, 6.45) is 7.42. The third-order valence-corrected chi connectivity index (χ3v) is 8.83. The van der Waals surface area contributed by atoms with Crippen molar-refractivity contribution in [1.29, 1.82) is 0 Å². The maximum atomic E-state index is 13.7. The second-order valence-corrected chi connectivity index (χ2v) is 11.2. The highest BCUT2D eigenvalue weighted by Crippen LogP contribution is 2.43. The average molecular weight is 574 g/mol. The van der Waals surface area contributed by atoms with E-state index in [1.54, 1.807) is 26.4 Å². The van der Waals surface area contributed by atoms with Crippen molar-refractivity contribution in [2.75, 3.05) is 39.6 Å². The molecule has 0 bridgehead atoms. The van der Waals surface area contributed by atoms with Crippen molar-refractivity contribution in [3.63, 3.8) is 0 Å². The van der Waals surface area contributed by atoms with E-state index in [4.69, 9.17) is 38.4 Å². The van der Waals surface area contributed by atoms with Crippen molar-refractivity contribution >= 4 is 40.6 Å². The molecule has 0 spiro atoms. The zero-order valence-electron chi connectivity index (χ0n) is 22.2. The van der Waals surface area contributed by atoms with E-state index in [1.807, 2.05) is 23.2 Å². The SMILES string of the molecule is COc1ccc(C2NN(C3CCN(CC(=O)c4cc(Cl)c(N)c(Cl)c4)CC3)C(=O)[C@@H]3CC=CC[C@H]23)cc1OC. The molecule has 3 atom stereocenters. The number of hydrogen-bond donors (Lipinski definition) is 2. The van der Waals surface area contributed by atoms with Crippen LogP contribution in [0.4, 0.5) is 5.69 Å². The molecule has 3 N–H and O–H groups in total. The van der Waals surface area contributed by atoms with Crippen molar-refractivity contribution in [2.45, 2.75) is 37.8 Å². The Balaban J connectivity index is 1.28. The number of carbonyl (C=O) groups is 2. The number of halogens is 2. The van der Waals surface area contributed by atoms with Crippen LogP contribution in [0, 0.1) is 11.8 Å². The van der Waals surface area contributed by atoms with Crippen molar-refractivity contribution in [3.05, 3.63) is 63.7 Å². The number of benzene rings is 2. The number of anilines is 1. The first kappa shape index (κ1) is 27.8. The van der Waals surface area contributed by atoms with Crippen molar-refractivity contribution in [1.82, 2.24) is 15.3 Å². The van der Waals surface area contributed by atoms with E-state index >= 15 is 0 Å². The van der Waals surface area contributed by atoms with Crippen molar-refractivity contribution < 1.29 is 19.1 Å². The molecule has 10 heteroatoms.